The van der Waals surface area contributed by atoms with Gasteiger partial charge in [0.2, 0.25) is 5.91 Å². The summed E-state index contributed by atoms with van der Waals surface area (Å²) in [4.78, 5) is 14.7. The summed E-state index contributed by atoms with van der Waals surface area (Å²) in [5.74, 6) is -0.200. The number of amides is 1. The van der Waals surface area contributed by atoms with E-state index in [4.69, 9.17) is 5.73 Å². The summed E-state index contributed by atoms with van der Waals surface area (Å²) in [6.07, 6.45) is 2.40. The summed E-state index contributed by atoms with van der Waals surface area (Å²) >= 11 is 0. The highest BCUT2D eigenvalue weighted by Gasteiger charge is 2.25. The topological polar surface area (TPSA) is 58.4 Å². The lowest BCUT2D eigenvalue weighted by molar-refractivity contribution is -0.122. The summed E-state index contributed by atoms with van der Waals surface area (Å²) in [5, 5.41) is 3.08. The Kier molecular flexibility index (Phi) is 5.56. The van der Waals surface area contributed by atoms with Gasteiger partial charge in [0.25, 0.3) is 0 Å². The van der Waals surface area contributed by atoms with Crippen LogP contribution in [0.4, 0.5) is 0 Å². The lowest BCUT2D eigenvalue weighted by Gasteiger charge is -2.24. The van der Waals surface area contributed by atoms with E-state index in [1.165, 1.54) is 12.8 Å². The molecule has 1 aliphatic heterocycles. The molecule has 2 atom stereocenters. The Labute approximate surface area is 121 Å². The van der Waals surface area contributed by atoms with Gasteiger partial charge in [0.05, 0.1) is 5.92 Å². The maximum Gasteiger partial charge on any atom is 0.228 e. The fourth-order valence-electron chi connectivity index (χ4n) is 2.96. The first kappa shape index (κ1) is 15.0. The minimum Gasteiger partial charge on any atom is -0.354 e. The number of hydrogen-bond acceptors (Lipinski definition) is 3. The number of nitrogens with one attached hydrogen (secondary N) is 1. The molecule has 1 aromatic carbocycles. The van der Waals surface area contributed by atoms with Crippen LogP contribution in [0, 0.1) is 0 Å². The molecule has 2 rings (SSSR count). The zero-order valence-corrected chi connectivity index (χ0v) is 12.2. The third-order valence-electron chi connectivity index (χ3n) is 4.17. The molecule has 0 aliphatic carbocycles. The fraction of sp³-hybridized carbons (Fsp3) is 0.562. The second kappa shape index (κ2) is 7.41. The average Bonchev–Trinajstić information content (AvgIpc) is 2.94. The highest BCUT2D eigenvalue weighted by atomic mass is 16.1. The van der Waals surface area contributed by atoms with Crippen molar-refractivity contribution in [3.8, 4) is 0 Å². The van der Waals surface area contributed by atoms with E-state index in [-0.39, 0.29) is 11.8 Å². The number of carbonyl (C=O) groups excluding carboxylic acids is 1. The van der Waals surface area contributed by atoms with Crippen molar-refractivity contribution in [1.82, 2.24) is 10.2 Å². The molecular formula is C16H25N3O. The number of nitrogens with zero attached hydrogens (tertiary/aromatic N) is 1. The van der Waals surface area contributed by atoms with Crippen LogP contribution < -0.4 is 11.1 Å². The van der Waals surface area contributed by atoms with E-state index in [0.29, 0.717) is 12.6 Å². The van der Waals surface area contributed by atoms with Gasteiger partial charge in [0.15, 0.2) is 0 Å². The van der Waals surface area contributed by atoms with E-state index in [1.54, 1.807) is 0 Å². The number of benzene rings is 1. The van der Waals surface area contributed by atoms with Gasteiger partial charge in [0.1, 0.15) is 0 Å². The number of likely N-dealkylation sites (tertiary alicyclic amines) is 1. The number of hydrogen-bond donors (Lipinski definition) is 2. The van der Waals surface area contributed by atoms with Gasteiger partial charge in [-0.2, -0.15) is 0 Å². The minimum absolute atomic E-state index is 0.0432. The maximum absolute atomic E-state index is 12.3. The van der Waals surface area contributed by atoms with E-state index in [0.717, 1.165) is 25.2 Å². The summed E-state index contributed by atoms with van der Waals surface area (Å²) in [7, 11) is 0. The third-order valence-corrected chi connectivity index (χ3v) is 4.17. The Morgan fingerprint density at radius 3 is 2.85 bits per heavy atom. The van der Waals surface area contributed by atoms with Crippen LogP contribution in [0.5, 0.6) is 0 Å². The largest absolute Gasteiger partial charge is 0.354 e. The van der Waals surface area contributed by atoms with Crippen molar-refractivity contribution in [2.24, 2.45) is 5.73 Å². The number of rotatable bonds is 6. The van der Waals surface area contributed by atoms with Crippen LogP contribution in [-0.4, -0.2) is 43.0 Å². The smallest absolute Gasteiger partial charge is 0.228 e. The summed E-state index contributed by atoms with van der Waals surface area (Å²) in [6.45, 7) is 5.45. The second-order valence-electron chi connectivity index (χ2n) is 5.37. The summed E-state index contributed by atoms with van der Waals surface area (Å²) < 4.78 is 0. The van der Waals surface area contributed by atoms with Crippen LogP contribution in [0.2, 0.25) is 0 Å². The predicted molar refractivity (Wildman–Crippen MR) is 81.5 cm³/mol. The second-order valence-corrected chi connectivity index (χ2v) is 5.37. The molecule has 110 valence electrons. The Morgan fingerprint density at radius 1 is 1.45 bits per heavy atom. The van der Waals surface area contributed by atoms with Gasteiger partial charge in [0, 0.05) is 19.1 Å². The fourth-order valence-corrected chi connectivity index (χ4v) is 2.96. The standard InChI is InChI=1S/C16H25N3O/c1-2-19-10-6-9-14(19)12-18-16(20)15(11-17)13-7-4-3-5-8-13/h3-5,7-8,14-15H,2,6,9-12,17H2,1H3,(H,18,20). The molecule has 0 saturated carbocycles. The Hall–Kier alpha value is -1.39. The molecule has 1 amide bonds. The van der Waals surface area contributed by atoms with Crippen molar-refractivity contribution in [3.63, 3.8) is 0 Å². The lowest BCUT2D eigenvalue weighted by Crippen LogP contribution is -2.42. The zero-order valence-electron chi connectivity index (χ0n) is 12.2. The SMILES string of the molecule is CCN1CCCC1CNC(=O)C(CN)c1ccccc1. The molecule has 1 heterocycles. The van der Waals surface area contributed by atoms with E-state index in [1.807, 2.05) is 30.3 Å². The van der Waals surface area contributed by atoms with Crippen LogP contribution in [0.3, 0.4) is 0 Å². The first-order valence-electron chi connectivity index (χ1n) is 7.53. The van der Waals surface area contributed by atoms with Crippen LogP contribution in [-0.2, 0) is 4.79 Å². The molecule has 1 fully saturated rings. The molecule has 1 aromatic rings. The maximum atomic E-state index is 12.3. The van der Waals surface area contributed by atoms with Crippen molar-refractivity contribution in [3.05, 3.63) is 35.9 Å². The van der Waals surface area contributed by atoms with Gasteiger partial charge in [-0.05, 0) is 31.5 Å². The van der Waals surface area contributed by atoms with Crippen LogP contribution in [0.1, 0.15) is 31.2 Å². The van der Waals surface area contributed by atoms with Gasteiger partial charge in [-0.3, -0.25) is 9.69 Å². The summed E-state index contributed by atoms with van der Waals surface area (Å²) in [6, 6.07) is 10.3. The molecule has 0 aromatic heterocycles. The van der Waals surface area contributed by atoms with Crippen molar-refractivity contribution < 1.29 is 4.79 Å². The first-order chi connectivity index (χ1) is 9.76. The van der Waals surface area contributed by atoms with E-state index in [2.05, 4.69) is 17.1 Å². The van der Waals surface area contributed by atoms with Crippen LogP contribution in [0.25, 0.3) is 0 Å². The molecule has 4 nitrogen and oxygen atoms in total. The van der Waals surface area contributed by atoms with Crippen molar-refractivity contribution in [2.45, 2.75) is 31.7 Å². The number of carbonyl (C=O) groups is 1. The van der Waals surface area contributed by atoms with E-state index in [9.17, 15) is 4.79 Å². The van der Waals surface area contributed by atoms with Crippen LogP contribution >= 0.6 is 0 Å². The van der Waals surface area contributed by atoms with Crippen LogP contribution in [0.15, 0.2) is 30.3 Å². The minimum atomic E-state index is -0.243. The highest BCUT2D eigenvalue weighted by Crippen LogP contribution is 2.17. The molecule has 1 saturated heterocycles. The Bertz CT molecular complexity index is 421. The predicted octanol–water partition coefficient (Wildman–Crippen LogP) is 1.33. The monoisotopic (exact) mass is 275 g/mol. The van der Waals surface area contributed by atoms with E-state index >= 15 is 0 Å². The summed E-state index contributed by atoms with van der Waals surface area (Å²) in [5.41, 5.74) is 6.76. The molecule has 0 spiro atoms. The molecular weight excluding hydrogens is 250 g/mol. The molecule has 20 heavy (non-hydrogen) atoms. The van der Waals surface area contributed by atoms with Crippen molar-refractivity contribution in [2.75, 3.05) is 26.2 Å². The van der Waals surface area contributed by atoms with Gasteiger partial charge >= 0.3 is 0 Å². The number of likely N-dealkylation sites (N-methyl/N-ethyl adjacent to an activating group) is 1. The van der Waals surface area contributed by atoms with Crippen molar-refractivity contribution in [1.29, 1.82) is 0 Å². The lowest BCUT2D eigenvalue weighted by atomic mass is 9.98. The Balaban J connectivity index is 1.90. The van der Waals surface area contributed by atoms with Gasteiger partial charge < -0.3 is 11.1 Å². The number of nitrogens with two attached hydrogens (primary N) is 1. The molecule has 2 unspecified atom stereocenters. The zero-order chi connectivity index (χ0) is 14.4. The van der Waals surface area contributed by atoms with Gasteiger partial charge in [-0.1, -0.05) is 37.3 Å². The molecule has 0 bridgehead atoms. The quantitative estimate of drug-likeness (QED) is 0.823. The molecule has 3 N–H and O–H groups in total. The van der Waals surface area contributed by atoms with Gasteiger partial charge in [-0.25, -0.2) is 0 Å². The van der Waals surface area contributed by atoms with E-state index < -0.39 is 0 Å². The third kappa shape index (κ3) is 3.58. The van der Waals surface area contributed by atoms with Gasteiger partial charge in [-0.15, -0.1) is 0 Å². The highest BCUT2D eigenvalue weighted by molar-refractivity contribution is 5.83. The normalized spacial score (nSPS) is 20.8. The molecule has 4 heteroatoms. The molecule has 0 radical (unpaired) electrons. The first-order valence-corrected chi connectivity index (χ1v) is 7.53. The average molecular weight is 275 g/mol. The Morgan fingerprint density at radius 2 is 2.20 bits per heavy atom. The van der Waals surface area contributed by atoms with Crippen molar-refractivity contribution >= 4 is 5.91 Å². The molecule has 1 aliphatic rings.